The Labute approximate surface area is 136 Å². The molecule has 1 aromatic carbocycles. The Morgan fingerprint density at radius 3 is 2.27 bits per heavy atom. The lowest BCUT2D eigenvalue weighted by molar-refractivity contribution is -0.123. The maximum atomic E-state index is 12.3. The molecule has 0 saturated carbocycles. The van der Waals surface area contributed by atoms with Crippen molar-refractivity contribution >= 4 is 5.91 Å². The highest BCUT2D eigenvalue weighted by Gasteiger charge is 2.25. The molecule has 0 radical (unpaired) electrons. The first-order chi connectivity index (χ1) is 10.0. The summed E-state index contributed by atoms with van der Waals surface area (Å²) in [6, 6.07) is 6.73. The lowest BCUT2D eigenvalue weighted by Gasteiger charge is -2.35. The number of likely N-dealkylation sites (N-methyl/N-ethyl adjacent to an activating group) is 1. The van der Waals surface area contributed by atoms with Crippen molar-refractivity contribution < 1.29 is 4.79 Å². The molecule has 0 aliphatic carbocycles. The van der Waals surface area contributed by atoms with Crippen LogP contribution < -0.4 is 5.32 Å². The molecule has 124 valence electrons. The van der Waals surface area contributed by atoms with Gasteiger partial charge in [0.05, 0.1) is 12.6 Å². The van der Waals surface area contributed by atoms with Crippen LogP contribution in [-0.4, -0.2) is 30.4 Å². The molecule has 1 aromatic rings. The summed E-state index contributed by atoms with van der Waals surface area (Å²) >= 11 is 0. The summed E-state index contributed by atoms with van der Waals surface area (Å²) in [6.45, 7) is 15.4. The van der Waals surface area contributed by atoms with E-state index in [4.69, 9.17) is 0 Å². The monoisotopic (exact) mass is 304 g/mol. The summed E-state index contributed by atoms with van der Waals surface area (Å²) in [5, 5.41) is 3.10. The third kappa shape index (κ3) is 5.13. The molecule has 0 bridgehead atoms. The van der Waals surface area contributed by atoms with E-state index in [0.717, 1.165) is 5.56 Å². The average Bonchev–Trinajstić information content (AvgIpc) is 2.39. The Bertz CT molecular complexity index is 517. The van der Waals surface area contributed by atoms with Crippen molar-refractivity contribution in [1.82, 2.24) is 10.2 Å². The van der Waals surface area contributed by atoms with Crippen LogP contribution in [0, 0.1) is 19.3 Å². The van der Waals surface area contributed by atoms with E-state index in [-0.39, 0.29) is 17.4 Å². The number of nitrogens with zero attached hydrogens (tertiary/aromatic N) is 1. The van der Waals surface area contributed by atoms with E-state index >= 15 is 0 Å². The van der Waals surface area contributed by atoms with Gasteiger partial charge in [-0.2, -0.15) is 0 Å². The summed E-state index contributed by atoms with van der Waals surface area (Å²) in [4.78, 5) is 14.4. The van der Waals surface area contributed by atoms with Gasteiger partial charge in [0.2, 0.25) is 5.91 Å². The van der Waals surface area contributed by atoms with Crippen LogP contribution in [0.2, 0.25) is 0 Å². The Balaban J connectivity index is 2.62. The van der Waals surface area contributed by atoms with Gasteiger partial charge in [0.1, 0.15) is 0 Å². The molecule has 3 heteroatoms. The van der Waals surface area contributed by atoms with Gasteiger partial charge in [-0.3, -0.25) is 9.69 Å². The van der Waals surface area contributed by atoms with Crippen LogP contribution in [0.25, 0.3) is 0 Å². The van der Waals surface area contributed by atoms with Gasteiger partial charge >= 0.3 is 0 Å². The minimum Gasteiger partial charge on any atom is -0.348 e. The molecule has 0 saturated heterocycles. The molecular formula is C19H32N2O. The summed E-state index contributed by atoms with van der Waals surface area (Å²) in [5.74, 6) is 0.0735. The quantitative estimate of drug-likeness (QED) is 0.896. The second kappa shape index (κ2) is 7.28. The van der Waals surface area contributed by atoms with Crippen molar-refractivity contribution in [2.45, 2.75) is 60.5 Å². The number of hydrogen-bond donors (Lipinski definition) is 1. The minimum atomic E-state index is 0.0325. The summed E-state index contributed by atoms with van der Waals surface area (Å²) in [5.41, 5.74) is 3.86. The maximum absolute atomic E-state index is 12.3. The lowest BCUT2D eigenvalue weighted by Crippen LogP contribution is -2.45. The first kappa shape index (κ1) is 18.7. The fraction of sp³-hybridized carbons (Fsp3) is 0.632. The normalized spacial score (nSPS) is 14.8. The second-order valence-electron chi connectivity index (χ2n) is 7.59. The summed E-state index contributed by atoms with van der Waals surface area (Å²) in [6.07, 6.45) is 0. The summed E-state index contributed by atoms with van der Waals surface area (Å²) < 4.78 is 0. The number of nitrogens with one attached hydrogen (secondary N) is 1. The van der Waals surface area contributed by atoms with E-state index in [1.807, 2.05) is 14.0 Å². The van der Waals surface area contributed by atoms with Crippen molar-refractivity contribution in [2.24, 2.45) is 5.41 Å². The van der Waals surface area contributed by atoms with Crippen LogP contribution >= 0.6 is 0 Å². The zero-order valence-corrected chi connectivity index (χ0v) is 15.4. The Morgan fingerprint density at radius 2 is 1.77 bits per heavy atom. The van der Waals surface area contributed by atoms with Crippen molar-refractivity contribution in [3.05, 3.63) is 34.9 Å². The minimum absolute atomic E-state index is 0.0325. The van der Waals surface area contributed by atoms with Gasteiger partial charge < -0.3 is 5.32 Å². The van der Waals surface area contributed by atoms with Gasteiger partial charge in [-0.25, -0.2) is 0 Å². The zero-order chi connectivity index (χ0) is 17.1. The molecule has 1 amide bonds. The van der Waals surface area contributed by atoms with E-state index in [1.54, 1.807) is 0 Å². The number of hydrogen-bond acceptors (Lipinski definition) is 2. The van der Waals surface area contributed by atoms with E-state index < -0.39 is 0 Å². The molecule has 1 rings (SSSR count). The molecule has 0 spiro atoms. The van der Waals surface area contributed by atoms with Gasteiger partial charge in [0.25, 0.3) is 0 Å². The molecule has 0 aliphatic heterocycles. The number of benzene rings is 1. The van der Waals surface area contributed by atoms with Gasteiger partial charge in [0, 0.05) is 6.04 Å². The van der Waals surface area contributed by atoms with Gasteiger partial charge in [-0.1, -0.05) is 39.0 Å². The van der Waals surface area contributed by atoms with E-state index in [1.165, 1.54) is 11.1 Å². The molecule has 3 nitrogen and oxygen atoms in total. The number of rotatable bonds is 5. The Hall–Kier alpha value is -1.35. The number of carbonyl (C=O) groups is 1. The van der Waals surface area contributed by atoms with Gasteiger partial charge in [-0.05, 0) is 56.8 Å². The van der Waals surface area contributed by atoms with Crippen LogP contribution in [0.5, 0.6) is 0 Å². The molecule has 1 N–H and O–H groups in total. The van der Waals surface area contributed by atoms with E-state index in [0.29, 0.717) is 12.6 Å². The van der Waals surface area contributed by atoms with Crippen molar-refractivity contribution in [1.29, 1.82) is 0 Å². The predicted octanol–water partition coefficient (Wildman–Crippen LogP) is 3.85. The molecule has 22 heavy (non-hydrogen) atoms. The molecule has 0 aromatic heterocycles. The predicted molar refractivity (Wildman–Crippen MR) is 94.0 cm³/mol. The van der Waals surface area contributed by atoms with Crippen LogP contribution in [0.1, 0.15) is 57.4 Å². The topological polar surface area (TPSA) is 32.3 Å². The summed E-state index contributed by atoms with van der Waals surface area (Å²) in [7, 11) is 2.01. The first-order valence-electron chi connectivity index (χ1n) is 8.09. The molecule has 0 aliphatic rings. The smallest absolute Gasteiger partial charge is 0.234 e. The number of amides is 1. The fourth-order valence-electron chi connectivity index (χ4n) is 2.43. The highest BCUT2D eigenvalue weighted by atomic mass is 16.2. The maximum Gasteiger partial charge on any atom is 0.234 e. The zero-order valence-electron chi connectivity index (χ0n) is 15.4. The third-order valence-electron chi connectivity index (χ3n) is 4.72. The number of carbonyl (C=O) groups excluding carboxylic acids is 1. The standard InChI is InChI=1S/C19H32N2O/c1-13-9-10-17(11-14(13)2)15(3)20-18(22)12-21(8)16(4)19(5,6)7/h9-11,15-16H,12H2,1-8H3,(H,20,22)/t15-,16+/m0/s1. The van der Waals surface area contributed by atoms with Crippen molar-refractivity contribution in [2.75, 3.05) is 13.6 Å². The van der Waals surface area contributed by atoms with Crippen molar-refractivity contribution in [3.63, 3.8) is 0 Å². The van der Waals surface area contributed by atoms with E-state index in [2.05, 4.69) is 70.0 Å². The highest BCUT2D eigenvalue weighted by molar-refractivity contribution is 5.78. The largest absolute Gasteiger partial charge is 0.348 e. The molecule has 0 unspecified atom stereocenters. The fourth-order valence-corrected chi connectivity index (χ4v) is 2.43. The Kier molecular flexibility index (Phi) is 6.18. The number of aryl methyl sites for hydroxylation is 2. The van der Waals surface area contributed by atoms with Gasteiger partial charge in [0.15, 0.2) is 0 Å². The van der Waals surface area contributed by atoms with Gasteiger partial charge in [-0.15, -0.1) is 0 Å². The first-order valence-corrected chi connectivity index (χ1v) is 8.09. The highest BCUT2D eigenvalue weighted by Crippen LogP contribution is 2.23. The lowest BCUT2D eigenvalue weighted by atomic mass is 9.87. The molecule has 0 heterocycles. The van der Waals surface area contributed by atoms with Crippen LogP contribution in [0.3, 0.4) is 0 Å². The second-order valence-corrected chi connectivity index (χ2v) is 7.59. The van der Waals surface area contributed by atoms with Crippen LogP contribution in [-0.2, 0) is 4.79 Å². The van der Waals surface area contributed by atoms with Crippen LogP contribution in [0.4, 0.5) is 0 Å². The average molecular weight is 304 g/mol. The van der Waals surface area contributed by atoms with Crippen molar-refractivity contribution in [3.8, 4) is 0 Å². The third-order valence-corrected chi connectivity index (χ3v) is 4.72. The molecule has 2 atom stereocenters. The van der Waals surface area contributed by atoms with Crippen LogP contribution in [0.15, 0.2) is 18.2 Å². The Morgan fingerprint density at radius 1 is 1.18 bits per heavy atom. The molecular weight excluding hydrogens is 272 g/mol. The SMILES string of the molecule is Cc1ccc([C@H](C)NC(=O)CN(C)[C@H](C)C(C)(C)C)cc1C. The van der Waals surface area contributed by atoms with E-state index in [9.17, 15) is 4.79 Å². The molecule has 0 fully saturated rings.